The number of Topliss-reactive ketones (excluding diaryl/α,β-unsaturated/α-hetero) is 1. The van der Waals surface area contributed by atoms with Gasteiger partial charge < -0.3 is 4.74 Å². The van der Waals surface area contributed by atoms with Crippen LogP contribution in [-0.4, -0.2) is 5.78 Å². The second-order valence-corrected chi connectivity index (χ2v) is 5.36. The molecule has 1 atom stereocenters. The van der Waals surface area contributed by atoms with Gasteiger partial charge >= 0.3 is 0 Å². The number of ketones is 1. The Labute approximate surface area is 123 Å². The first-order valence-corrected chi connectivity index (χ1v) is 7.07. The molecule has 2 heteroatoms. The zero-order valence-corrected chi connectivity index (χ0v) is 11.5. The summed E-state index contributed by atoms with van der Waals surface area (Å²) in [6.07, 6.45) is -0.0577. The highest BCUT2D eigenvalue weighted by Gasteiger charge is 2.28. The maximum atomic E-state index is 12.4. The van der Waals surface area contributed by atoms with Crippen LogP contribution < -0.4 is 4.74 Å². The molecule has 0 saturated heterocycles. The van der Waals surface area contributed by atoms with Gasteiger partial charge in [0.05, 0.1) is 0 Å². The number of benzene rings is 3. The molecule has 0 fully saturated rings. The fraction of sp³-hybridized carbons (Fsp3) is 0.105. The summed E-state index contributed by atoms with van der Waals surface area (Å²) in [5, 5.41) is 2.30. The molecule has 0 aliphatic carbocycles. The van der Waals surface area contributed by atoms with Crippen LogP contribution in [0.2, 0.25) is 0 Å². The second-order valence-electron chi connectivity index (χ2n) is 5.36. The zero-order chi connectivity index (χ0) is 14.2. The van der Waals surface area contributed by atoms with Crippen molar-refractivity contribution < 1.29 is 9.53 Å². The van der Waals surface area contributed by atoms with Crippen LogP contribution in [0, 0.1) is 0 Å². The lowest BCUT2D eigenvalue weighted by Crippen LogP contribution is -2.25. The molecule has 0 bridgehead atoms. The molecule has 2 nitrogen and oxygen atoms in total. The Bertz CT molecular complexity index is 836. The molecule has 0 radical (unpaired) electrons. The largest absolute Gasteiger partial charge is 0.478 e. The fourth-order valence-corrected chi connectivity index (χ4v) is 2.86. The molecule has 1 heterocycles. The van der Waals surface area contributed by atoms with E-state index in [1.165, 1.54) is 5.39 Å². The topological polar surface area (TPSA) is 26.3 Å². The van der Waals surface area contributed by atoms with Crippen LogP contribution in [0.25, 0.3) is 10.8 Å². The zero-order valence-electron chi connectivity index (χ0n) is 11.5. The molecule has 4 rings (SSSR count). The SMILES string of the molecule is O=C1Cc2ccccc2OC1c1ccc2ccccc2c1. The average molecular weight is 274 g/mol. The van der Waals surface area contributed by atoms with E-state index in [9.17, 15) is 4.79 Å². The van der Waals surface area contributed by atoms with Gasteiger partial charge in [0.1, 0.15) is 5.75 Å². The van der Waals surface area contributed by atoms with Crippen LogP contribution in [0.1, 0.15) is 17.2 Å². The second kappa shape index (κ2) is 4.74. The number of para-hydroxylation sites is 1. The smallest absolute Gasteiger partial charge is 0.182 e. The van der Waals surface area contributed by atoms with Gasteiger partial charge in [-0.05, 0) is 22.9 Å². The summed E-state index contributed by atoms with van der Waals surface area (Å²) in [6, 6.07) is 22.0. The number of ether oxygens (including phenoxy) is 1. The molecule has 1 unspecified atom stereocenters. The number of hydrogen-bond acceptors (Lipinski definition) is 2. The Hall–Kier alpha value is -2.61. The van der Waals surface area contributed by atoms with Crippen molar-refractivity contribution in [2.45, 2.75) is 12.5 Å². The first kappa shape index (κ1) is 12.2. The predicted molar refractivity (Wildman–Crippen MR) is 82.5 cm³/mol. The van der Waals surface area contributed by atoms with Crippen LogP contribution in [0.4, 0.5) is 0 Å². The number of carbonyl (C=O) groups is 1. The number of fused-ring (bicyclic) bond motifs is 2. The molecule has 1 aliphatic rings. The lowest BCUT2D eigenvalue weighted by Gasteiger charge is -2.25. The van der Waals surface area contributed by atoms with Crippen molar-refractivity contribution in [3.63, 3.8) is 0 Å². The molecule has 0 aromatic heterocycles. The van der Waals surface area contributed by atoms with Crippen LogP contribution in [0.15, 0.2) is 66.7 Å². The molecule has 0 spiro atoms. The van der Waals surface area contributed by atoms with E-state index >= 15 is 0 Å². The summed E-state index contributed by atoms with van der Waals surface area (Å²) in [5.41, 5.74) is 1.90. The maximum absolute atomic E-state index is 12.4. The predicted octanol–water partition coefficient (Wildman–Crippen LogP) is 4.09. The number of rotatable bonds is 1. The van der Waals surface area contributed by atoms with E-state index in [2.05, 4.69) is 12.1 Å². The lowest BCUT2D eigenvalue weighted by atomic mass is 9.95. The van der Waals surface area contributed by atoms with Gasteiger partial charge in [-0.25, -0.2) is 0 Å². The van der Waals surface area contributed by atoms with Gasteiger partial charge in [-0.2, -0.15) is 0 Å². The van der Waals surface area contributed by atoms with Gasteiger partial charge in [0, 0.05) is 17.5 Å². The molecule has 0 N–H and O–H groups in total. The van der Waals surface area contributed by atoms with E-state index in [4.69, 9.17) is 4.74 Å². The van der Waals surface area contributed by atoms with Crippen LogP contribution in [0.5, 0.6) is 5.75 Å². The highest BCUT2D eigenvalue weighted by molar-refractivity contribution is 5.90. The van der Waals surface area contributed by atoms with Crippen molar-refractivity contribution in [1.29, 1.82) is 0 Å². The summed E-state index contributed by atoms with van der Waals surface area (Å²) in [6.45, 7) is 0. The van der Waals surface area contributed by atoms with E-state index in [1.54, 1.807) is 0 Å². The van der Waals surface area contributed by atoms with Gasteiger partial charge in [-0.3, -0.25) is 4.79 Å². The minimum absolute atomic E-state index is 0.115. The normalized spacial score (nSPS) is 17.3. The highest BCUT2D eigenvalue weighted by Crippen LogP contribution is 2.33. The molecule has 1 aliphatic heterocycles. The first-order valence-electron chi connectivity index (χ1n) is 7.07. The van der Waals surface area contributed by atoms with E-state index < -0.39 is 6.10 Å². The third-order valence-corrected chi connectivity index (χ3v) is 3.95. The molecule has 3 aromatic rings. The molecule has 0 amide bonds. The first-order chi connectivity index (χ1) is 10.3. The van der Waals surface area contributed by atoms with Crippen molar-refractivity contribution in [3.8, 4) is 5.75 Å². The summed E-state index contributed by atoms with van der Waals surface area (Å²) in [7, 11) is 0. The van der Waals surface area contributed by atoms with E-state index in [1.807, 2.05) is 54.6 Å². The Kier molecular flexibility index (Phi) is 2.74. The summed E-state index contributed by atoms with van der Waals surface area (Å²) in [4.78, 5) is 12.4. The third-order valence-electron chi connectivity index (χ3n) is 3.95. The molecule has 21 heavy (non-hydrogen) atoms. The van der Waals surface area contributed by atoms with E-state index in [0.29, 0.717) is 6.42 Å². The Morgan fingerprint density at radius 2 is 1.62 bits per heavy atom. The lowest BCUT2D eigenvalue weighted by molar-refractivity contribution is -0.126. The van der Waals surface area contributed by atoms with Crippen molar-refractivity contribution in [3.05, 3.63) is 77.9 Å². The monoisotopic (exact) mass is 274 g/mol. The summed E-state index contributed by atoms with van der Waals surface area (Å²) < 4.78 is 5.93. The molecular weight excluding hydrogens is 260 g/mol. The Morgan fingerprint density at radius 3 is 2.52 bits per heavy atom. The molecule has 3 aromatic carbocycles. The Morgan fingerprint density at radius 1 is 0.857 bits per heavy atom. The molecular formula is C19H14O2. The minimum atomic E-state index is -0.496. The van der Waals surface area contributed by atoms with Crippen LogP contribution in [-0.2, 0) is 11.2 Å². The van der Waals surface area contributed by atoms with Crippen LogP contribution >= 0.6 is 0 Å². The molecule has 102 valence electrons. The fourth-order valence-electron chi connectivity index (χ4n) is 2.86. The summed E-state index contributed by atoms with van der Waals surface area (Å²) >= 11 is 0. The van der Waals surface area contributed by atoms with Gasteiger partial charge in [0.25, 0.3) is 0 Å². The van der Waals surface area contributed by atoms with Gasteiger partial charge in [0.2, 0.25) is 0 Å². The minimum Gasteiger partial charge on any atom is -0.478 e. The van der Waals surface area contributed by atoms with Gasteiger partial charge in [-0.15, -0.1) is 0 Å². The molecule has 0 saturated carbocycles. The van der Waals surface area contributed by atoms with Crippen molar-refractivity contribution in [2.24, 2.45) is 0 Å². The summed E-state index contributed by atoms with van der Waals surface area (Å²) in [5.74, 6) is 0.930. The number of hydrogen-bond donors (Lipinski definition) is 0. The third kappa shape index (κ3) is 2.09. The van der Waals surface area contributed by atoms with E-state index in [0.717, 1.165) is 22.3 Å². The van der Waals surface area contributed by atoms with E-state index in [-0.39, 0.29) is 5.78 Å². The Balaban J connectivity index is 1.76. The quantitative estimate of drug-likeness (QED) is 0.668. The number of carbonyl (C=O) groups excluding carboxylic acids is 1. The maximum Gasteiger partial charge on any atom is 0.182 e. The van der Waals surface area contributed by atoms with Gasteiger partial charge in [0.15, 0.2) is 11.9 Å². The van der Waals surface area contributed by atoms with Crippen LogP contribution in [0.3, 0.4) is 0 Å². The van der Waals surface area contributed by atoms with Gasteiger partial charge in [-0.1, -0.05) is 54.6 Å². The van der Waals surface area contributed by atoms with Crippen molar-refractivity contribution in [2.75, 3.05) is 0 Å². The standard InChI is InChI=1S/C19H14O2/c20-17-12-15-7-3-4-8-18(15)21-19(17)16-10-9-13-5-1-2-6-14(13)11-16/h1-11,19H,12H2. The van der Waals surface area contributed by atoms with Crippen molar-refractivity contribution in [1.82, 2.24) is 0 Å². The average Bonchev–Trinajstić information content (AvgIpc) is 2.54. The van der Waals surface area contributed by atoms with Crippen molar-refractivity contribution >= 4 is 16.6 Å². The highest BCUT2D eigenvalue weighted by atomic mass is 16.5.